The Morgan fingerprint density at radius 3 is 2.15 bits per heavy atom. The maximum atomic E-state index is 7.08. The van der Waals surface area contributed by atoms with Crippen LogP contribution in [0.4, 0.5) is 0 Å². The Morgan fingerprint density at radius 2 is 1.25 bits per heavy atom. The lowest BCUT2D eigenvalue weighted by Gasteiger charge is -2.22. The maximum Gasteiger partial charge on any atom is 0.145 e. The zero-order valence-electron chi connectivity index (χ0n) is 29.2. The third kappa shape index (κ3) is 4.64. The number of aromatic nitrogens is 2. The van der Waals surface area contributed by atoms with E-state index in [0.717, 1.165) is 66.6 Å². The molecule has 0 bridgehead atoms. The van der Waals surface area contributed by atoms with Crippen molar-refractivity contribution in [2.45, 2.75) is 12.8 Å². The normalized spacial score (nSPS) is 15.9. The molecule has 3 aromatic heterocycles. The van der Waals surface area contributed by atoms with Gasteiger partial charge in [-0.25, -0.2) is 4.98 Å². The molecule has 0 aliphatic heterocycles. The predicted octanol–water partition coefficient (Wildman–Crippen LogP) is 13.6. The highest BCUT2D eigenvalue weighted by atomic mass is 16.3. The van der Waals surface area contributed by atoms with Crippen LogP contribution in [-0.2, 0) is 0 Å². The van der Waals surface area contributed by atoms with Gasteiger partial charge in [0.15, 0.2) is 0 Å². The van der Waals surface area contributed by atoms with Crippen molar-refractivity contribution in [1.29, 1.82) is 0 Å². The molecular formula is C50H34N2O. The Labute approximate surface area is 306 Å². The molecule has 7 aromatic carbocycles. The number of para-hydroxylation sites is 3. The lowest BCUT2D eigenvalue weighted by atomic mass is 9.83. The minimum absolute atomic E-state index is 0.239. The Morgan fingerprint density at radius 1 is 0.528 bits per heavy atom. The Kier molecular flexibility index (Phi) is 6.59. The summed E-state index contributed by atoms with van der Waals surface area (Å²) in [6.07, 6.45) is 8.94. The largest absolute Gasteiger partial charge is 0.455 e. The first-order valence-corrected chi connectivity index (χ1v) is 18.4. The third-order valence-electron chi connectivity index (χ3n) is 11.3. The second kappa shape index (κ2) is 11.7. The fourth-order valence-electron chi connectivity index (χ4n) is 8.70. The molecule has 11 rings (SSSR count). The van der Waals surface area contributed by atoms with Gasteiger partial charge >= 0.3 is 0 Å². The van der Waals surface area contributed by atoms with Crippen LogP contribution < -0.4 is 0 Å². The van der Waals surface area contributed by atoms with Gasteiger partial charge in [-0.1, -0.05) is 128 Å². The third-order valence-corrected chi connectivity index (χ3v) is 11.3. The molecule has 0 fully saturated rings. The molecule has 3 heteroatoms. The first-order valence-electron chi connectivity index (χ1n) is 18.4. The van der Waals surface area contributed by atoms with Crippen LogP contribution in [0.3, 0.4) is 0 Å². The van der Waals surface area contributed by atoms with E-state index in [1.807, 2.05) is 0 Å². The predicted molar refractivity (Wildman–Crippen MR) is 222 cm³/mol. The molecule has 1 aliphatic carbocycles. The van der Waals surface area contributed by atoms with Crippen LogP contribution in [0.1, 0.15) is 18.4 Å². The average Bonchev–Trinajstić information content (AvgIpc) is 3.77. The van der Waals surface area contributed by atoms with Gasteiger partial charge in [0, 0.05) is 38.9 Å². The summed E-state index contributed by atoms with van der Waals surface area (Å²) in [5, 5.41) is 9.49. The number of benzene rings is 7. The molecule has 0 saturated carbocycles. The van der Waals surface area contributed by atoms with E-state index < -0.39 is 0 Å². The van der Waals surface area contributed by atoms with Gasteiger partial charge in [0.05, 0.1) is 27.8 Å². The summed E-state index contributed by atoms with van der Waals surface area (Å²) in [5.41, 5.74) is 10.4. The Bertz CT molecular complexity index is 3140. The molecule has 0 spiro atoms. The summed E-state index contributed by atoms with van der Waals surface area (Å²) in [4.78, 5) is 5.43. The van der Waals surface area contributed by atoms with Crippen LogP contribution >= 0.6 is 0 Å². The van der Waals surface area contributed by atoms with Crippen molar-refractivity contribution in [1.82, 2.24) is 9.55 Å². The molecule has 1 aliphatic rings. The van der Waals surface area contributed by atoms with Gasteiger partial charge in [0.25, 0.3) is 0 Å². The van der Waals surface area contributed by atoms with Gasteiger partial charge in [-0.15, -0.1) is 0 Å². The molecule has 0 saturated heterocycles. The van der Waals surface area contributed by atoms with Crippen molar-refractivity contribution in [2.24, 2.45) is 5.92 Å². The molecule has 3 heterocycles. The van der Waals surface area contributed by atoms with E-state index in [9.17, 15) is 0 Å². The molecule has 0 radical (unpaired) electrons. The van der Waals surface area contributed by atoms with Gasteiger partial charge in [-0.3, -0.25) is 0 Å². The highest BCUT2D eigenvalue weighted by molar-refractivity contribution is 6.24. The fourth-order valence-corrected chi connectivity index (χ4v) is 8.70. The molecular weight excluding hydrogens is 645 g/mol. The number of furan rings is 1. The Hall–Kier alpha value is -6.71. The second-order valence-electron chi connectivity index (χ2n) is 14.4. The van der Waals surface area contributed by atoms with E-state index in [1.165, 1.54) is 32.5 Å². The number of hydrogen-bond acceptors (Lipinski definition) is 2. The summed E-state index contributed by atoms with van der Waals surface area (Å²) < 4.78 is 9.42. The number of pyridine rings is 1. The summed E-state index contributed by atoms with van der Waals surface area (Å²) in [6, 6.07) is 54.6. The van der Waals surface area contributed by atoms with Crippen molar-refractivity contribution in [2.75, 3.05) is 0 Å². The first kappa shape index (κ1) is 30.0. The lowest BCUT2D eigenvalue weighted by Crippen LogP contribution is -2.08. The SMILES string of the molecule is CC1C=CC=CC1c1cc(-c2ccc3c(ccc4ccccc43)c2)nc(-c2cccc3c2oc2c3ccc3c2c2ccccc2n3-c2ccccc2)c1. The second-order valence-corrected chi connectivity index (χ2v) is 14.4. The van der Waals surface area contributed by atoms with Crippen molar-refractivity contribution >= 4 is 65.3 Å². The van der Waals surface area contributed by atoms with E-state index in [2.05, 4.69) is 187 Å². The molecule has 2 unspecified atom stereocenters. The molecule has 0 amide bonds. The van der Waals surface area contributed by atoms with E-state index in [4.69, 9.17) is 9.40 Å². The highest BCUT2D eigenvalue weighted by Gasteiger charge is 2.23. The van der Waals surface area contributed by atoms with Crippen molar-refractivity contribution in [3.05, 3.63) is 182 Å². The van der Waals surface area contributed by atoms with Crippen LogP contribution in [0, 0.1) is 5.92 Å². The number of fused-ring (bicyclic) bond motifs is 10. The zero-order valence-corrected chi connectivity index (χ0v) is 29.2. The minimum atomic E-state index is 0.239. The van der Waals surface area contributed by atoms with Crippen LogP contribution in [0.25, 0.3) is 93.5 Å². The van der Waals surface area contributed by atoms with Crippen LogP contribution in [-0.4, -0.2) is 9.55 Å². The van der Waals surface area contributed by atoms with Crippen LogP contribution in [0.5, 0.6) is 0 Å². The van der Waals surface area contributed by atoms with E-state index >= 15 is 0 Å². The molecule has 2 atom stereocenters. The smallest absolute Gasteiger partial charge is 0.145 e. The van der Waals surface area contributed by atoms with Gasteiger partial charge in [0.1, 0.15) is 11.2 Å². The zero-order chi connectivity index (χ0) is 35.0. The van der Waals surface area contributed by atoms with Crippen molar-refractivity contribution in [3.8, 4) is 28.2 Å². The minimum Gasteiger partial charge on any atom is -0.455 e. The maximum absolute atomic E-state index is 7.08. The number of rotatable bonds is 4. The van der Waals surface area contributed by atoms with E-state index in [-0.39, 0.29) is 5.92 Å². The number of nitrogens with zero attached hydrogens (tertiary/aromatic N) is 2. The summed E-state index contributed by atoms with van der Waals surface area (Å²) in [5.74, 6) is 0.604. The van der Waals surface area contributed by atoms with Crippen LogP contribution in [0.2, 0.25) is 0 Å². The van der Waals surface area contributed by atoms with Gasteiger partial charge in [-0.2, -0.15) is 0 Å². The topological polar surface area (TPSA) is 31.0 Å². The average molecular weight is 679 g/mol. The van der Waals surface area contributed by atoms with E-state index in [0.29, 0.717) is 5.92 Å². The fraction of sp³-hybridized carbons (Fsp3) is 0.0600. The standard InChI is InChI=1S/C50H34N2O/c1-31-12-5-7-16-37(31)35-29-44(34-24-25-39-33(28-34)23-22-32-13-6-8-17-38(32)39)51-45(30-35)42-20-11-19-40-41-26-27-47-48(50(41)53-49(40)42)43-18-9-10-21-46(43)52(47)36-14-3-2-4-15-36/h2-31,37H,1H3. The molecule has 250 valence electrons. The lowest BCUT2D eigenvalue weighted by molar-refractivity contribution is 0.635. The summed E-state index contributed by atoms with van der Waals surface area (Å²) in [7, 11) is 0. The molecule has 3 nitrogen and oxygen atoms in total. The van der Waals surface area contributed by atoms with Gasteiger partial charge in [0.2, 0.25) is 0 Å². The Balaban J connectivity index is 1.15. The first-order chi connectivity index (χ1) is 26.2. The summed E-state index contributed by atoms with van der Waals surface area (Å²) >= 11 is 0. The van der Waals surface area contributed by atoms with Crippen molar-refractivity contribution in [3.63, 3.8) is 0 Å². The molecule has 53 heavy (non-hydrogen) atoms. The van der Waals surface area contributed by atoms with Gasteiger partial charge in [-0.05, 0) is 87.6 Å². The van der Waals surface area contributed by atoms with Crippen molar-refractivity contribution < 1.29 is 4.42 Å². The summed E-state index contributed by atoms with van der Waals surface area (Å²) in [6.45, 7) is 2.29. The van der Waals surface area contributed by atoms with Gasteiger partial charge < -0.3 is 8.98 Å². The molecule has 0 N–H and O–H groups in total. The quantitative estimate of drug-likeness (QED) is 0.174. The number of allylic oxidation sites excluding steroid dienone is 4. The highest BCUT2D eigenvalue weighted by Crippen LogP contribution is 2.44. The molecule has 10 aromatic rings. The number of hydrogen-bond donors (Lipinski definition) is 0. The van der Waals surface area contributed by atoms with Crippen LogP contribution in [0.15, 0.2) is 180 Å². The monoisotopic (exact) mass is 678 g/mol. The van der Waals surface area contributed by atoms with E-state index in [1.54, 1.807) is 0 Å².